The second-order valence-corrected chi connectivity index (χ2v) is 20.9. The maximum Gasteiger partial charge on any atom is 0.407 e. The molecule has 0 radical (unpaired) electrons. The number of alkyl carbamates (subject to hydrolysis) is 1. The lowest BCUT2D eigenvalue weighted by Gasteiger charge is -2.71. The van der Waals surface area contributed by atoms with Crippen LogP contribution in [-0.2, 0) is 19.0 Å². The molecule has 10 nitrogen and oxygen atoms in total. The van der Waals surface area contributed by atoms with Crippen molar-refractivity contribution in [2.75, 3.05) is 13.2 Å². The van der Waals surface area contributed by atoms with E-state index in [1.807, 2.05) is 0 Å². The van der Waals surface area contributed by atoms with Gasteiger partial charge in [0.05, 0.1) is 24.7 Å². The van der Waals surface area contributed by atoms with Gasteiger partial charge in [-0.25, -0.2) is 4.79 Å². The van der Waals surface area contributed by atoms with Crippen molar-refractivity contribution >= 4 is 12.1 Å². The van der Waals surface area contributed by atoms with Crippen molar-refractivity contribution < 1.29 is 44.2 Å². The number of carboxylic acids is 1. The minimum Gasteiger partial charge on any atom is -0.481 e. The van der Waals surface area contributed by atoms with Gasteiger partial charge in [0.15, 0.2) is 6.29 Å². The molecule has 0 aromatic carbocycles. The van der Waals surface area contributed by atoms with Crippen LogP contribution < -0.4 is 5.32 Å². The zero-order chi connectivity index (χ0) is 40.2. The fraction of sp³-hybridized carbons (Fsp3) is 0.911. The molecule has 5 fully saturated rings. The SMILES string of the molecule is CCCCCCCCOC(=O)N[C@H]1[C@H](O[C@H]2CC[C@]3(C)[C@H]4CC=C5[C@@H]6CC(C)(C)CC[C@]6(C(=O)O)CC[C@@]5(C)[C@]4(C)CC[C@H]3C2(C)C)O[C@H](CO)[C@@H](O)[C@@H]1O. The van der Waals surface area contributed by atoms with Gasteiger partial charge in [0.25, 0.3) is 0 Å². The molecular weight excluding hydrogens is 698 g/mol. The Balaban J connectivity index is 1.19. The summed E-state index contributed by atoms with van der Waals surface area (Å²) in [5.74, 6) is 0.236. The number of fused-ring (bicyclic) bond motifs is 7. The standard InChI is InChI=1S/C45H75NO9/c1-9-10-11-12-13-14-25-53-39(52)46-34-36(49)35(48)30(27-47)54-37(34)55-33-18-19-42(6)31(41(33,4)5)17-20-44(8)32(42)16-15-28-29-26-40(2,3)21-23-45(29,38(50)51)24-22-43(28,44)7/h15,29-37,47-49H,9-14,16-27H2,1-8H3,(H,46,52)(H,50,51)/t29-,30+,31-,32+,33-,34+,35+,36+,37-,42-,43+,44+,45-/m0/s1. The summed E-state index contributed by atoms with van der Waals surface area (Å²) in [5.41, 5.74) is 0.603. The first-order valence-corrected chi connectivity index (χ1v) is 22.0. The van der Waals surface area contributed by atoms with E-state index < -0.39 is 54.7 Å². The quantitative estimate of drug-likeness (QED) is 0.0751. The Bertz CT molecular complexity index is 1430. The summed E-state index contributed by atoms with van der Waals surface area (Å²) in [7, 11) is 0. The van der Waals surface area contributed by atoms with Gasteiger partial charge in [0.2, 0.25) is 0 Å². The molecular formula is C45H75NO9. The minimum absolute atomic E-state index is 0.0172. The highest BCUT2D eigenvalue weighted by molar-refractivity contribution is 5.76. The molecule has 0 aromatic heterocycles. The number of carboxylic acid groups (broad SMARTS) is 1. The van der Waals surface area contributed by atoms with E-state index in [0.717, 1.165) is 83.5 Å². The molecule has 6 aliphatic rings. The van der Waals surface area contributed by atoms with E-state index >= 15 is 0 Å². The number of aliphatic hydroxyl groups excluding tert-OH is 3. The summed E-state index contributed by atoms with van der Waals surface area (Å²) in [6, 6.07) is -1.08. The second kappa shape index (κ2) is 15.8. The second-order valence-electron chi connectivity index (χ2n) is 20.9. The lowest BCUT2D eigenvalue weighted by atomic mass is 9.33. The topological polar surface area (TPSA) is 155 Å². The van der Waals surface area contributed by atoms with E-state index in [2.05, 4.69) is 66.8 Å². The van der Waals surface area contributed by atoms with E-state index in [9.17, 15) is 30.0 Å². The molecule has 5 aliphatic carbocycles. The van der Waals surface area contributed by atoms with Crippen LogP contribution in [0, 0.1) is 50.2 Å². The highest BCUT2D eigenvalue weighted by Crippen LogP contribution is 2.76. The van der Waals surface area contributed by atoms with Gasteiger partial charge in [0, 0.05) is 0 Å². The maximum absolute atomic E-state index is 13.1. The number of carbonyl (C=O) groups is 2. The predicted molar refractivity (Wildman–Crippen MR) is 211 cm³/mol. The van der Waals surface area contributed by atoms with E-state index in [1.165, 1.54) is 24.8 Å². The van der Waals surface area contributed by atoms with Gasteiger partial charge < -0.3 is 40.0 Å². The first-order chi connectivity index (χ1) is 25.8. The fourth-order valence-electron chi connectivity index (χ4n) is 13.6. The highest BCUT2D eigenvalue weighted by atomic mass is 16.7. The smallest absolute Gasteiger partial charge is 0.407 e. The average Bonchev–Trinajstić information content (AvgIpc) is 3.11. The first kappa shape index (κ1) is 42.9. The highest BCUT2D eigenvalue weighted by Gasteiger charge is 2.69. The van der Waals surface area contributed by atoms with E-state index in [0.29, 0.717) is 11.8 Å². The van der Waals surface area contributed by atoms with Gasteiger partial charge in [-0.1, -0.05) is 99.1 Å². The molecule has 1 heterocycles. The normalized spacial score (nSPS) is 44.5. The Morgan fingerprint density at radius 2 is 1.56 bits per heavy atom. The van der Waals surface area contributed by atoms with Crippen molar-refractivity contribution in [1.29, 1.82) is 0 Å². The van der Waals surface area contributed by atoms with Gasteiger partial charge in [-0.15, -0.1) is 0 Å². The Morgan fingerprint density at radius 1 is 0.873 bits per heavy atom. The number of nitrogens with one attached hydrogen (secondary N) is 1. The van der Waals surface area contributed by atoms with Crippen molar-refractivity contribution in [1.82, 2.24) is 5.32 Å². The molecule has 1 saturated heterocycles. The molecule has 5 N–H and O–H groups in total. The summed E-state index contributed by atoms with van der Waals surface area (Å²) < 4.78 is 18.4. The number of hydrogen-bond donors (Lipinski definition) is 5. The maximum atomic E-state index is 13.1. The van der Waals surface area contributed by atoms with Crippen molar-refractivity contribution in [2.24, 2.45) is 50.2 Å². The number of amides is 1. The number of carbonyl (C=O) groups excluding carboxylic acids is 1. The number of ether oxygens (including phenoxy) is 3. The third-order valence-corrected chi connectivity index (χ3v) is 17.2. The molecule has 0 aromatic rings. The molecule has 13 atom stereocenters. The van der Waals surface area contributed by atoms with Crippen LogP contribution in [0.5, 0.6) is 0 Å². The summed E-state index contributed by atoms with van der Waals surface area (Å²) in [5, 5.41) is 45.6. The zero-order valence-electron chi connectivity index (χ0n) is 35.3. The van der Waals surface area contributed by atoms with Crippen LogP contribution in [0.1, 0.15) is 158 Å². The van der Waals surface area contributed by atoms with Crippen LogP contribution in [0.25, 0.3) is 0 Å². The van der Waals surface area contributed by atoms with E-state index in [1.54, 1.807) is 0 Å². The monoisotopic (exact) mass is 774 g/mol. The molecule has 1 amide bonds. The Kier molecular flexibility index (Phi) is 12.3. The van der Waals surface area contributed by atoms with Crippen LogP contribution in [0.3, 0.4) is 0 Å². The van der Waals surface area contributed by atoms with Crippen LogP contribution in [0.2, 0.25) is 0 Å². The lowest BCUT2D eigenvalue weighted by Crippen LogP contribution is -2.67. The summed E-state index contributed by atoms with van der Waals surface area (Å²) >= 11 is 0. The van der Waals surface area contributed by atoms with Gasteiger partial charge in [-0.3, -0.25) is 4.79 Å². The molecule has 4 saturated carbocycles. The predicted octanol–water partition coefficient (Wildman–Crippen LogP) is 8.15. The number of unbranched alkanes of at least 4 members (excludes halogenated alkanes) is 5. The fourth-order valence-corrected chi connectivity index (χ4v) is 13.6. The molecule has 55 heavy (non-hydrogen) atoms. The van der Waals surface area contributed by atoms with Crippen molar-refractivity contribution in [3.8, 4) is 0 Å². The Labute approximate surface area is 330 Å². The van der Waals surface area contributed by atoms with Gasteiger partial charge in [-0.05, 0) is 115 Å². The van der Waals surface area contributed by atoms with Crippen molar-refractivity contribution in [3.63, 3.8) is 0 Å². The first-order valence-electron chi connectivity index (χ1n) is 22.0. The lowest BCUT2D eigenvalue weighted by molar-refractivity contribution is -0.306. The number of aliphatic hydroxyl groups is 3. The molecule has 6 rings (SSSR count). The average molecular weight is 774 g/mol. The Hall–Kier alpha value is -1.72. The van der Waals surface area contributed by atoms with Crippen molar-refractivity contribution in [2.45, 2.75) is 195 Å². The zero-order valence-corrected chi connectivity index (χ0v) is 35.3. The molecule has 10 heteroatoms. The van der Waals surface area contributed by atoms with Gasteiger partial charge in [0.1, 0.15) is 24.4 Å². The summed E-state index contributed by atoms with van der Waals surface area (Å²) in [4.78, 5) is 26.0. The molecule has 0 spiro atoms. The number of aliphatic carboxylic acids is 1. The molecule has 1 aliphatic heterocycles. The minimum atomic E-state index is -1.42. The summed E-state index contributed by atoms with van der Waals surface area (Å²) in [6.07, 6.45) is 12.0. The Morgan fingerprint density at radius 3 is 2.25 bits per heavy atom. The van der Waals surface area contributed by atoms with Gasteiger partial charge >= 0.3 is 12.1 Å². The van der Waals surface area contributed by atoms with E-state index in [4.69, 9.17) is 14.2 Å². The third kappa shape index (κ3) is 7.33. The molecule has 0 unspecified atom stereocenters. The van der Waals surface area contributed by atoms with Gasteiger partial charge in [-0.2, -0.15) is 0 Å². The van der Waals surface area contributed by atoms with Crippen LogP contribution in [-0.4, -0.2) is 82.5 Å². The third-order valence-electron chi connectivity index (χ3n) is 17.2. The number of hydrogen-bond acceptors (Lipinski definition) is 8. The van der Waals surface area contributed by atoms with Crippen molar-refractivity contribution in [3.05, 3.63) is 11.6 Å². The number of rotatable bonds is 12. The van der Waals surface area contributed by atoms with E-state index in [-0.39, 0.29) is 45.7 Å². The largest absolute Gasteiger partial charge is 0.481 e. The van der Waals surface area contributed by atoms with Crippen LogP contribution in [0.4, 0.5) is 4.79 Å². The van der Waals surface area contributed by atoms with Crippen LogP contribution >= 0.6 is 0 Å². The summed E-state index contributed by atoms with van der Waals surface area (Å²) in [6.45, 7) is 18.7. The molecule has 0 bridgehead atoms. The molecule has 314 valence electrons. The van der Waals surface area contributed by atoms with Crippen LogP contribution in [0.15, 0.2) is 11.6 Å². The number of allylic oxidation sites excluding steroid dienone is 2.